The minimum absolute atomic E-state index is 0.218. The molecule has 2 N–H and O–H groups in total. The van der Waals surface area contributed by atoms with Crippen LogP contribution in [0.3, 0.4) is 0 Å². The fraction of sp³-hybridized carbons (Fsp3) is 0.385. The first-order valence-electron chi connectivity index (χ1n) is 5.99. The van der Waals surface area contributed by atoms with Crippen LogP contribution in [0.25, 0.3) is 0 Å². The lowest BCUT2D eigenvalue weighted by Crippen LogP contribution is -2.31. The average molecular weight is 345 g/mol. The van der Waals surface area contributed by atoms with Gasteiger partial charge in [-0.05, 0) is 48.0 Å². The summed E-state index contributed by atoms with van der Waals surface area (Å²) < 4.78 is 5.81. The van der Waals surface area contributed by atoms with E-state index in [9.17, 15) is 4.79 Å². The zero-order chi connectivity index (χ0) is 14.4. The second-order valence-corrected chi connectivity index (χ2v) is 5.14. The van der Waals surface area contributed by atoms with Crippen molar-refractivity contribution in [3.63, 3.8) is 0 Å². The molecule has 4 nitrogen and oxygen atoms in total. The number of esters is 1. The van der Waals surface area contributed by atoms with Gasteiger partial charge in [-0.2, -0.15) is 0 Å². The van der Waals surface area contributed by atoms with E-state index in [1.165, 1.54) is 0 Å². The largest absolute Gasteiger partial charge is 0.465 e. The number of nitrogens with zero attached hydrogens (tertiary/aromatic N) is 1. The third-order valence-electron chi connectivity index (χ3n) is 2.58. The molecule has 0 aliphatic carbocycles. The van der Waals surface area contributed by atoms with Crippen molar-refractivity contribution in [2.45, 2.75) is 13.8 Å². The molecule has 0 atom stereocenters. The summed E-state index contributed by atoms with van der Waals surface area (Å²) in [5, 5.41) is 0. The van der Waals surface area contributed by atoms with Gasteiger partial charge in [0.15, 0.2) is 0 Å². The molecule has 19 heavy (non-hydrogen) atoms. The first kappa shape index (κ1) is 15.9. The van der Waals surface area contributed by atoms with Crippen molar-refractivity contribution >= 4 is 44.8 Å². The highest BCUT2D eigenvalue weighted by molar-refractivity contribution is 9.10. The quantitative estimate of drug-likeness (QED) is 0.634. The summed E-state index contributed by atoms with van der Waals surface area (Å²) in [5.41, 5.74) is 7.29. The molecule has 0 aromatic heterocycles. The molecule has 0 radical (unpaired) electrons. The maximum absolute atomic E-state index is 11.6. The first-order valence-corrected chi connectivity index (χ1v) is 7.19. The van der Waals surface area contributed by atoms with Crippen molar-refractivity contribution < 1.29 is 9.53 Å². The van der Waals surface area contributed by atoms with Gasteiger partial charge in [-0.25, -0.2) is 0 Å². The summed E-state index contributed by atoms with van der Waals surface area (Å²) in [7, 11) is 0. The molecule has 1 aromatic carbocycles. The number of carbonyl (C=O) groups excluding carboxylic acids is 1. The van der Waals surface area contributed by atoms with E-state index in [1.807, 2.05) is 30.0 Å². The third-order valence-corrected chi connectivity index (χ3v) is 3.45. The fourth-order valence-corrected chi connectivity index (χ4v) is 2.40. The van der Waals surface area contributed by atoms with E-state index in [0.717, 1.165) is 15.7 Å². The van der Waals surface area contributed by atoms with E-state index >= 15 is 0 Å². The number of ether oxygens (including phenoxy) is 1. The highest BCUT2D eigenvalue weighted by Crippen LogP contribution is 2.27. The summed E-state index contributed by atoms with van der Waals surface area (Å²) in [6, 6.07) is 5.59. The zero-order valence-corrected chi connectivity index (χ0v) is 13.4. The number of hydrogen-bond acceptors (Lipinski definition) is 4. The maximum atomic E-state index is 11.6. The molecular formula is C13H17BrN2O2S. The van der Waals surface area contributed by atoms with Gasteiger partial charge in [0, 0.05) is 16.6 Å². The van der Waals surface area contributed by atoms with E-state index in [-0.39, 0.29) is 12.5 Å². The van der Waals surface area contributed by atoms with Crippen LogP contribution in [0, 0.1) is 0 Å². The number of rotatable bonds is 6. The van der Waals surface area contributed by atoms with Gasteiger partial charge < -0.3 is 15.4 Å². The average Bonchev–Trinajstić information content (AvgIpc) is 2.36. The highest BCUT2D eigenvalue weighted by Gasteiger charge is 2.14. The highest BCUT2D eigenvalue weighted by atomic mass is 79.9. The molecule has 104 valence electrons. The van der Waals surface area contributed by atoms with Crippen LogP contribution in [0.1, 0.15) is 19.4 Å². The van der Waals surface area contributed by atoms with E-state index < -0.39 is 0 Å². The van der Waals surface area contributed by atoms with Crippen molar-refractivity contribution in [3.05, 3.63) is 28.2 Å². The van der Waals surface area contributed by atoms with Gasteiger partial charge in [0.1, 0.15) is 11.5 Å². The molecule has 1 aromatic rings. The molecule has 0 amide bonds. The topological polar surface area (TPSA) is 55.6 Å². The number of nitrogens with two attached hydrogens (primary N) is 1. The third kappa shape index (κ3) is 4.47. The predicted octanol–water partition coefficient (Wildman–Crippen LogP) is 2.47. The number of carbonyl (C=O) groups is 1. The van der Waals surface area contributed by atoms with E-state index in [2.05, 4.69) is 15.9 Å². The summed E-state index contributed by atoms with van der Waals surface area (Å²) in [4.78, 5) is 13.8. The summed E-state index contributed by atoms with van der Waals surface area (Å²) in [6.07, 6.45) is 0. The lowest BCUT2D eigenvalue weighted by Gasteiger charge is -2.23. The minimum Gasteiger partial charge on any atom is -0.465 e. The van der Waals surface area contributed by atoms with Gasteiger partial charge in [0.05, 0.1) is 12.3 Å². The number of anilines is 1. The summed E-state index contributed by atoms with van der Waals surface area (Å²) >= 11 is 8.41. The molecular weight excluding hydrogens is 328 g/mol. The lowest BCUT2D eigenvalue weighted by molar-refractivity contribution is -0.141. The fourth-order valence-electron chi connectivity index (χ4n) is 1.65. The molecule has 1 rings (SSSR count). The Morgan fingerprint density at radius 3 is 2.63 bits per heavy atom. The molecule has 0 heterocycles. The van der Waals surface area contributed by atoms with E-state index in [0.29, 0.717) is 18.1 Å². The van der Waals surface area contributed by atoms with Gasteiger partial charge in [-0.1, -0.05) is 12.2 Å². The van der Waals surface area contributed by atoms with Crippen LogP contribution < -0.4 is 10.6 Å². The van der Waals surface area contributed by atoms with Crippen molar-refractivity contribution in [1.82, 2.24) is 0 Å². The van der Waals surface area contributed by atoms with Gasteiger partial charge in [-0.3, -0.25) is 4.79 Å². The number of benzene rings is 1. The van der Waals surface area contributed by atoms with Gasteiger partial charge in [-0.15, -0.1) is 0 Å². The first-order chi connectivity index (χ1) is 8.99. The number of halogens is 1. The van der Waals surface area contributed by atoms with Crippen molar-refractivity contribution in [2.75, 3.05) is 24.6 Å². The van der Waals surface area contributed by atoms with Crippen LogP contribution in [-0.4, -0.2) is 30.7 Å². The van der Waals surface area contributed by atoms with Crippen molar-refractivity contribution in [3.8, 4) is 0 Å². The number of likely N-dealkylation sites (N-methyl/N-ethyl adjacent to an activating group) is 1. The van der Waals surface area contributed by atoms with Crippen LogP contribution >= 0.6 is 28.1 Å². The van der Waals surface area contributed by atoms with Crippen molar-refractivity contribution in [1.29, 1.82) is 0 Å². The Labute approximate surface area is 127 Å². The van der Waals surface area contributed by atoms with Crippen LogP contribution in [-0.2, 0) is 9.53 Å². The summed E-state index contributed by atoms with van der Waals surface area (Å²) in [6.45, 7) is 5.07. The zero-order valence-electron chi connectivity index (χ0n) is 11.0. The van der Waals surface area contributed by atoms with Crippen LogP contribution in [0.15, 0.2) is 22.7 Å². The SMILES string of the molecule is CCOC(=O)CN(CC)c1ccc(C(N)=S)cc1Br. The standard InChI is InChI=1S/C13H17BrN2O2S/c1-3-16(8-12(17)18-4-2)11-6-5-9(13(15)19)7-10(11)14/h5-7H,3-4,8H2,1-2H3,(H2,15,19). The lowest BCUT2D eigenvalue weighted by atomic mass is 10.2. The van der Waals surface area contributed by atoms with Crippen LogP contribution in [0.5, 0.6) is 0 Å². The molecule has 0 bridgehead atoms. The second kappa shape index (κ2) is 7.45. The van der Waals surface area contributed by atoms with Crippen LogP contribution in [0.2, 0.25) is 0 Å². The summed E-state index contributed by atoms with van der Waals surface area (Å²) in [5.74, 6) is -0.241. The van der Waals surface area contributed by atoms with Gasteiger partial charge in [0.2, 0.25) is 0 Å². The van der Waals surface area contributed by atoms with E-state index in [4.69, 9.17) is 22.7 Å². The molecule has 6 heteroatoms. The smallest absolute Gasteiger partial charge is 0.325 e. The predicted molar refractivity (Wildman–Crippen MR) is 84.5 cm³/mol. The normalized spacial score (nSPS) is 10.1. The number of hydrogen-bond donors (Lipinski definition) is 1. The Balaban J connectivity index is 2.92. The van der Waals surface area contributed by atoms with Gasteiger partial charge in [0.25, 0.3) is 0 Å². The molecule has 0 aliphatic heterocycles. The monoisotopic (exact) mass is 344 g/mol. The molecule has 0 spiro atoms. The Kier molecular flexibility index (Phi) is 6.24. The number of thiocarbonyl (C=S) groups is 1. The Bertz CT molecular complexity index is 480. The molecule has 0 aliphatic rings. The maximum Gasteiger partial charge on any atom is 0.325 e. The Hall–Kier alpha value is -1.14. The Morgan fingerprint density at radius 1 is 1.47 bits per heavy atom. The van der Waals surface area contributed by atoms with Crippen LogP contribution in [0.4, 0.5) is 5.69 Å². The molecule has 0 saturated heterocycles. The Morgan fingerprint density at radius 2 is 2.16 bits per heavy atom. The molecule has 0 fully saturated rings. The minimum atomic E-state index is -0.241. The second-order valence-electron chi connectivity index (χ2n) is 3.85. The molecule has 0 unspecified atom stereocenters. The van der Waals surface area contributed by atoms with Crippen molar-refractivity contribution in [2.24, 2.45) is 5.73 Å². The van der Waals surface area contributed by atoms with E-state index in [1.54, 1.807) is 6.92 Å². The van der Waals surface area contributed by atoms with Gasteiger partial charge >= 0.3 is 5.97 Å². The molecule has 0 saturated carbocycles.